The van der Waals surface area contributed by atoms with Crippen LogP contribution in [0.4, 0.5) is 0 Å². The molecule has 1 fully saturated rings. The minimum Gasteiger partial charge on any atom is -0.477 e. The van der Waals surface area contributed by atoms with Crippen LogP contribution in [0.15, 0.2) is 24.3 Å². The second-order valence-corrected chi connectivity index (χ2v) is 8.71. The van der Waals surface area contributed by atoms with Gasteiger partial charge in [-0.1, -0.05) is 12.1 Å². The van der Waals surface area contributed by atoms with Crippen LogP contribution in [0.25, 0.3) is 0 Å². The Hall–Kier alpha value is -2.22. The fourth-order valence-corrected chi connectivity index (χ4v) is 5.65. The van der Waals surface area contributed by atoms with E-state index in [-0.39, 0.29) is 5.91 Å². The summed E-state index contributed by atoms with van der Waals surface area (Å²) >= 11 is 1.35. The van der Waals surface area contributed by atoms with Crippen LogP contribution >= 0.6 is 11.3 Å². The van der Waals surface area contributed by atoms with E-state index >= 15 is 0 Å². The number of hydrogen-bond acceptors (Lipinski definition) is 5. The topological polar surface area (TPSA) is 76.1 Å². The number of nitrogens with zero attached hydrogens (tertiary/aromatic N) is 1. The molecule has 1 saturated heterocycles. The number of carbonyl (C=O) groups excluding carboxylic acids is 1. The van der Waals surface area contributed by atoms with Crippen molar-refractivity contribution in [3.63, 3.8) is 0 Å². The van der Waals surface area contributed by atoms with Crippen molar-refractivity contribution in [2.24, 2.45) is 0 Å². The Morgan fingerprint density at radius 3 is 2.79 bits per heavy atom. The van der Waals surface area contributed by atoms with Crippen LogP contribution < -0.4 is 0 Å². The maximum Gasteiger partial charge on any atom is 0.345 e. The lowest BCUT2D eigenvalue weighted by Gasteiger charge is -2.44. The third kappa shape index (κ3) is 2.77. The van der Waals surface area contributed by atoms with Gasteiger partial charge in [-0.15, -0.1) is 11.3 Å². The summed E-state index contributed by atoms with van der Waals surface area (Å²) in [5.74, 6) is -0.841. The molecule has 4 heterocycles. The van der Waals surface area contributed by atoms with Crippen LogP contribution in [0.5, 0.6) is 0 Å². The summed E-state index contributed by atoms with van der Waals surface area (Å²) in [5, 5.41) is 9.35. The molecule has 5 rings (SSSR count). The highest BCUT2D eigenvalue weighted by Crippen LogP contribution is 2.44. The number of likely N-dealkylation sites (tertiary alicyclic amines) is 1. The highest BCUT2D eigenvalue weighted by molar-refractivity contribution is 7.14. The number of rotatable bonds is 2. The molecule has 1 amide bonds. The van der Waals surface area contributed by atoms with Gasteiger partial charge in [-0.3, -0.25) is 4.79 Å². The molecule has 0 atom stereocenters. The summed E-state index contributed by atoms with van der Waals surface area (Å²) in [4.78, 5) is 27.9. The number of thiophene rings is 1. The van der Waals surface area contributed by atoms with E-state index in [1.54, 1.807) is 6.07 Å². The maximum atomic E-state index is 13.1. The van der Waals surface area contributed by atoms with Crippen LogP contribution in [0, 0.1) is 0 Å². The van der Waals surface area contributed by atoms with Crippen LogP contribution in [-0.4, -0.2) is 41.6 Å². The number of carboxylic acids is 1. The second kappa shape index (κ2) is 6.69. The van der Waals surface area contributed by atoms with E-state index in [2.05, 4.69) is 0 Å². The molecule has 6 nitrogen and oxygen atoms in total. The van der Waals surface area contributed by atoms with Gasteiger partial charge in [0.25, 0.3) is 5.91 Å². The number of ether oxygens (including phenoxy) is 2. The van der Waals surface area contributed by atoms with Gasteiger partial charge in [0.1, 0.15) is 4.88 Å². The van der Waals surface area contributed by atoms with Gasteiger partial charge in [0, 0.05) is 30.0 Å². The van der Waals surface area contributed by atoms with Gasteiger partial charge in [0.2, 0.25) is 0 Å². The molecule has 2 aromatic rings. The lowest BCUT2D eigenvalue weighted by Crippen LogP contribution is -2.48. The van der Waals surface area contributed by atoms with Gasteiger partial charge >= 0.3 is 5.97 Å². The van der Waals surface area contributed by atoms with Gasteiger partial charge in [0.05, 0.1) is 25.4 Å². The molecule has 146 valence electrons. The zero-order valence-electron chi connectivity index (χ0n) is 15.4. The van der Waals surface area contributed by atoms with Gasteiger partial charge in [-0.2, -0.15) is 0 Å². The second-order valence-electron chi connectivity index (χ2n) is 7.57. The molecule has 3 aliphatic heterocycles. The quantitative estimate of drug-likeness (QED) is 0.839. The van der Waals surface area contributed by atoms with Crippen molar-refractivity contribution in [3.05, 3.63) is 56.3 Å². The molecule has 1 aromatic heterocycles. The number of hydrogen-bond donors (Lipinski definition) is 1. The summed E-state index contributed by atoms with van der Waals surface area (Å²) < 4.78 is 11.7. The first-order valence-corrected chi connectivity index (χ1v) is 10.4. The Morgan fingerprint density at radius 2 is 2.00 bits per heavy atom. The maximum absolute atomic E-state index is 13.1. The van der Waals surface area contributed by atoms with Gasteiger partial charge in [0.15, 0.2) is 0 Å². The highest BCUT2D eigenvalue weighted by atomic mass is 32.1. The molecule has 1 aromatic carbocycles. The molecule has 0 saturated carbocycles. The van der Waals surface area contributed by atoms with Crippen molar-refractivity contribution in [3.8, 4) is 0 Å². The van der Waals surface area contributed by atoms with Crippen molar-refractivity contribution in [1.29, 1.82) is 0 Å². The standard InChI is InChI=1S/C21H21NO5S/c23-19(14-3-1-2-13-11-26-12-15(13)14)22-7-5-21(6-8-22)16-10-18(20(24)25)28-17(16)4-9-27-21/h1-3,10H,4-9,11-12H2,(H,24,25). The number of amides is 1. The predicted octanol–water partition coefficient (Wildman–Crippen LogP) is 3.18. The van der Waals surface area contributed by atoms with E-state index in [0.29, 0.717) is 50.6 Å². The van der Waals surface area contributed by atoms with E-state index in [4.69, 9.17) is 9.47 Å². The molecule has 1 spiro atoms. The number of fused-ring (bicyclic) bond motifs is 3. The van der Waals surface area contributed by atoms with Crippen molar-refractivity contribution >= 4 is 23.2 Å². The molecule has 0 unspecified atom stereocenters. The zero-order chi connectivity index (χ0) is 19.3. The zero-order valence-corrected chi connectivity index (χ0v) is 16.2. The Labute approximate surface area is 166 Å². The van der Waals surface area contributed by atoms with Crippen molar-refractivity contribution in [1.82, 2.24) is 4.90 Å². The van der Waals surface area contributed by atoms with Crippen molar-refractivity contribution in [2.75, 3.05) is 19.7 Å². The number of carboxylic acid groups (broad SMARTS) is 1. The summed E-state index contributed by atoms with van der Waals surface area (Å²) in [7, 11) is 0. The highest BCUT2D eigenvalue weighted by Gasteiger charge is 2.43. The van der Waals surface area contributed by atoms with Gasteiger partial charge in [-0.25, -0.2) is 4.79 Å². The number of benzene rings is 1. The average Bonchev–Trinajstić information content (AvgIpc) is 3.36. The number of piperidine rings is 1. The molecule has 3 aliphatic rings. The van der Waals surface area contributed by atoms with Crippen LogP contribution in [0.2, 0.25) is 0 Å². The summed E-state index contributed by atoms with van der Waals surface area (Å²) in [6, 6.07) is 7.59. The first-order valence-electron chi connectivity index (χ1n) is 9.56. The fraction of sp³-hybridized carbons (Fsp3) is 0.429. The van der Waals surface area contributed by atoms with E-state index in [1.807, 2.05) is 23.1 Å². The molecule has 1 N–H and O–H groups in total. The number of carbonyl (C=O) groups is 2. The predicted molar refractivity (Wildman–Crippen MR) is 103 cm³/mol. The SMILES string of the molecule is O=C(O)c1cc2c(s1)CCOC21CCN(C(=O)c2cccc3c2COC3)CC1. The lowest BCUT2D eigenvalue weighted by atomic mass is 9.82. The minimum absolute atomic E-state index is 0.0461. The third-order valence-corrected chi connectivity index (χ3v) is 7.27. The van der Waals surface area contributed by atoms with Crippen LogP contribution in [0.3, 0.4) is 0 Å². The lowest BCUT2D eigenvalue weighted by molar-refractivity contribution is -0.0926. The van der Waals surface area contributed by atoms with Gasteiger partial charge in [-0.05, 0) is 41.7 Å². The Morgan fingerprint density at radius 1 is 1.18 bits per heavy atom. The molecule has 0 radical (unpaired) electrons. The molecule has 0 bridgehead atoms. The van der Waals surface area contributed by atoms with E-state index < -0.39 is 11.6 Å². The molecule has 28 heavy (non-hydrogen) atoms. The van der Waals surface area contributed by atoms with Crippen molar-refractivity contribution in [2.45, 2.75) is 38.1 Å². The van der Waals surface area contributed by atoms with Gasteiger partial charge < -0.3 is 19.5 Å². The number of aromatic carboxylic acids is 1. The normalized spacial score (nSPS) is 20.1. The third-order valence-electron chi connectivity index (χ3n) is 6.08. The molecular formula is C21H21NO5S. The average molecular weight is 399 g/mol. The minimum atomic E-state index is -0.887. The first-order chi connectivity index (χ1) is 13.6. The smallest absolute Gasteiger partial charge is 0.345 e. The van der Waals surface area contributed by atoms with Crippen LogP contribution in [0.1, 0.15) is 54.4 Å². The molecule has 0 aliphatic carbocycles. The van der Waals surface area contributed by atoms with Crippen molar-refractivity contribution < 1.29 is 24.2 Å². The van der Waals surface area contributed by atoms with E-state index in [0.717, 1.165) is 33.6 Å². The Balaban J connectivity index is 1.37. The molecule has 7 heteroatoms. The largest absolute Gasteiger partial charge is 0.477 e. The summed E-state index contributed by atoms with van der Waals surface area (Å²) in [5.41, 5.74) is 3.39. The monoisotopic (exact) mass is 399 g/mol. The van der Waals surface area contributed by atoms with E-state index in [9.17, 15) is 14.7 Å². The summed E-state index contributed by atoms with van der Waals surface area (Å²) in [6.45, 7) is 2.86. The van der Waals surface area contributed by atoms with Crippen LogP contribution in [-0.2, 0) is 34.7 Å². The molecular weight excluding hydrogens is 378 g/mol. The van der Waals surface area contributed by atoms with E-state index in [1.165, 1.54) is 11.3 Å². The summed E-state index contributed by atoms with van der Waals surface area (Å²) in [6.07, 6.45) is 2.13. The first kappa shape index (κ1) is 17.8. The Kier molecular flexibility index (Phi) is 4.26. The Bertz CT molecular complexity index is 958. The fourth-order valence-electron chi connectivity index (χ4n) is 4.58.